The highest BCUT2D eigenvalue weighted by molar-refractivity contribution is 6.32. The average Bonchev–Trinajstić information content (AvgIpc) is 2.28. The number of hydrogen-bond acceptors (Lipinski definition) is 2. The monoisotopic (exact) mass is 239 g/mol. The Hall–Kier alpha value is -1.32. The first-order chi connectivity index (χ1) is 7.74. The van der Waals surface area contributed by atoms with Crippen LogP contribution in [-0.4, -0.2) is 24.2 Å². The lowest BCUT2D eigenvalue weighted by Gasteiger charge is -1.99. The molecule has 1 amide bonds. The molecule has 2 N–H and O–H groups in total. The summed E-state index contributed by atoms with van der Waals surface area (Å²) >= 11 is 5.92. The Morgan fingerprint density at radius 1 is 1.44 bits per heavy atom. The lowest BCUT2D eigenvalue weighted by Crippen LogP contribution is -2.22. The van der Waals surface area contributed by atoms with E-state index in [-0.39, 0.29) is 12.5 Å². The van der Waals surface area contributed by atoms with Crippen LogP contribution in [0.15, 0.2) is 30.3 Å². The van der Waals surface area contributed by atoms with Gasteiger partial charge in [-0.1, -0.05) is 29.8 Å². The fourth-order valence-corrected chi connectivity index (χ4v) is 1.32. The summed E-state index contributed by atoms with van der Waals surface area (Å²) < 4.78 is 0. The third-order valence-corrected chi connectivity index (χ3v) is 2.30. The Balaban J connectivity index is 2.47. The number of nitrogens with one attached hydrogen (secondary N) is 1. The molecule has 0 aliphatic carbocycles. The minimum atomic E-state index is -0.187. The predicted molar refractivity (Wildman–Crippen MR) is 65.2 cm³/mol. The van der Waals surface area contributed by atoms with Crippen molar-refractivity contribution < 1.29 is 9.90 Å². The number of aliphatic hydroxyl groups excluding tert-OH is 1. The standard InChI is InChI=1S/C12H14ClNO2/c13-11-5-2-1-4-10(11)6-7-12(16)14-8-3-9-15/h1-2,4-7,15H,3,8-9H2,(H,14,16)/b7-6+. The smallest absolute Gasteiger partial charge is 0.244 e. The van der Waals surface area contributed by atoms with Gasteiger partial charge in [0.15, 0.2) is 0 Å². The maximum Gasteiger partial charge on any atom is 0.244 e. The number of rotatable bonds is 5. The Morgan fingerprint density at radius 2 is 2.19 bits per heavy atom. The molecule has 86 valence electrons. The Kier molecular flexibility index (Phi) is 5.61. The van der Waals surface area contributed by atoms with E-state index in [0.29, 0.717) is 18.0 Å². The minimum absolute atomic E-state index is 0.0779. The number of aliphatic hydroxyl groups is 1. The van der Waals surface area contributed by atoms with Crippen LogP contribution in [0, 0.1) is 0 Å². The van der Waals surface area contributed by atoms with Crippen LogP contribution in [0.3, 0.4) is 0 Å². The van der Waals surface area contributed by atoms with Gasteiger partial charge in [0, 0.05) is 24.3 Å². The van der Waals surface area contributed by atoms with Crippen LogP contribution in [0.1, 0.15) is 12.0 Å². The number of amides is 1. The van der Waals surface area contributed by atoms with Crippen molar-refractivity contribution in [1.82, 2.24) is 5.32 Å². The van der Waals surface area contributed by atoms with E-state index in [1.807, 2.05) is 18.2 Å². The summed E-state index contributed by atoms with van der Waals surface area (Å²) in [5.41, 5.74) is 0.807. The maximum atomic E-state index is 11.3. The van der Waals surface area contributed by atoms with E-state index in [2.05, 4.69) is 5.32 Å². The van der Waals surface area contributed by atoms with E-state index >= 15 is 0 Å². The van der Waals surface area contributed by atoms with Crippen LogP contribution in [-0.2, 0) is 4.79 Å². The average molecular weight is 240 g/mol. The molecule has 0 unspecified atom stereocenters. The van der Waals surface area contributed by atoms with Crippen molar-refractivity contribution in [3.63, 3.8) is 0 Å². The number of carbonyl (C=O) groups excluding carboxylic acids is 1. The van der Waals surface area contributed by atoms with Crippen molar-refractivity contribution >= 4 is 23.6 Å². The highest BCUT2D eigenvalue weighted by Gasteiger charge is 1.96. The highest BCUT2D eigenvalue weighted by atomic mass is 35.5. The van der Waals surface area contributed by atoms with E-state index < -0.39 is 0 Å². The summed E-state index contributed by atoms with van der Waals surface area (Å²) in [6, 6.07) is 7.29. The van der Waals surface area contributed by atoms with E-state index in [1.54, 1.807) is 12.1 Å². The predicted octanol–water partition coefficient (Wildman–Crippen LogP) is 1.85. The summed E-state index contributed by atoms with van der Waals surface area (Å²) in [4.78, 5) is 11.3. The molecule has 0 aromatic heterocycles. The van der Waals surface area contributed by atoms with E-state index in [0.717, 1.165) is 5.56 Å². The number of carbonyl (C=O) groups is 1. The third kappa shape index (κ3) is 4.47. The fraction of sp³-hybridized carbons (Fsp3) is 0.250. The molecule has 0 fully saturated rings. The summed E-state index contributed by atoms with van der Waals surface area (Å²) in [6.45, 7) is 0.552. The third-order valence-electron chi connectivity index (χ3n) is 1.95. The van der Waals surface area contributed by atoms with E-state index in [4.69, 9.17) is 16.7 Å². The van der Waals surface area contributed by atoms with Crippen LogP contribution in [0.2, 0.25) is 5.02 Å². The Labute approximate surface area is 99.7 Å². The van der Waals surface area contributed by atoms with E-state index in [1.165, 1.54) is 6.08 Å². The SMILES string of the molecule is O=C(/C=C/c1ccccc1Cl)NCCCO. The zero-order chi connectivity index (χ0) is 11.8. The molecule has 0 saturated heterocycles. The molecule has 3 nitrogen and oxygen atoms in total. The van der Waals surface area contributed by atoms with Gasteiger partial charge in [-0.05, 0) is 24.1 Å². The first-order valence-corrected chi connectivity index (χ1v) is 5.43. The Bertz CT molecular complexity index is 377. The molecule has 1 aromatic rings. The second-order valence-electron chi connectivity index (χ2n) is 3.22. The first kappa shape index (κ1) is 12.7. The molecular weight excluding hydrogens is 226 g/mol. The number of halogens is 1. The summed E-state index contributed by atoms with van der Waals surface area (Å²) in [7, 11) is 0. The summed E-state index contributed by atoms with van der Waals surface area (Å²) in [6.07, 6.45) is 3.65. The van der Waals surface area contributed by atoms with Crippen LogP contribution in [0.4, 0.5) is 0 Å². The van der Waals surface area contributed by atoms with Gasteiger partial charge in [-0.3, -0.25) is 4.79 Å². The minimum Gasteiger partial charge on any atom is -0.396 e. The van der Waals surface area contributed by atoms with Crippen LogP contribution < -0.4 is 5.32 Å². The van der Waals surface area contributed by atoms with Gasteiger partial charge < -0.3 is 10.4 Å². The zero-order valence-electron chi connectivity index (χ0n) is 8.82. The second-order valence-corrected chi connectivity index (χ2v) is 3.63. The molecule has 1 aromatic carbocycles. The van der Waals surface area contributed by atoms with Crippen LogP contribution in [0.5, 0.6) is 0 Å². The fourth-order valence-electron chi connectivity index (χ4n) is 1.13. The van der Waals surface area contributed by atoms with Gasteiger partial charge in [-0.2, -0.15) is 0 Å². The second kappa shape index (κ2) is 7.04. The number of benzene rings is 1. The van der Waals surface area contributed by atoms with Crippen molar-refractivity contribution in [2.75, 3.05) is 13.2 Å². The molecule has 4 heteroatoms. The van der Waals surface area contributed by atoms with Gasteiger partial charge in [0.25, 0.3) is 0 Å². The normalized spacial score (nSPS) is 10.6. The van der Waals surface area contributed by atoms with Crippen molar-refractivity contribution in [3.05, 3.63) is 40.9 Å². The van der Waals surface area contributed by atoms with Gasteiger partial charge >= 0.3 is 0 Å². The molecule has 0 aliphatic rings. The van der Waals surface area contributed by atoms with Gasteiger partial charge in [0.2, 0.25) is 5.91 Å². The molecule has 0 aliphatic heterocycles. The van der Waals surface area contributed by atoms with Crippen molar-refractivity contribution in [2.45, 2.75) is 6.42 Å². The van der Waals surface area contributed by atoms with Crippen molar-refractivity contribution in [3.8, 4) is 0 Å². The Morgan fingerprint density at radius 3 is 2.88 bits per heavy atom. The maximum absolute atomic E-state index is 11.3. The van der Waals surface area contributed by atoms with Gasteiger partial charge in [0.1, 0.15) is 0 Å². The molecule has 0 heterocycles. The largest absolute Gasteiger partial charge is 0.396 e. The molecule has 16 heavy (non-hydrogen) atoms. The lowest BCUT2D eigenvalue weighted by atomic mass is 10.2. The first-order valence-electron chi connectivity index (χ1n) is 5.05. The van der Waals surface area contributed by atoms with Gasteiger partial charge in [-0.15, -0.1) is 0 Å². The molecule has 0 spiro atoms. The summed E-state index contributed by atoms with van der Waals surface area (Å²) in [5, 5.41) is 11.8. The number of hydrogen-bond donors (Lipinski definition) is 2. The topological polar surface area (TPSA) is 49.3 Å². The van der Waals surface area contributed by atoms with Crippen molar-refractivity contribution in [1.29, 1.82) is 0 Å². The molecule has 0 atom stereocenters. The highest BCUT2D eigenvalue weighted by Crippen LogP contribution is 2.15. The van der Waals surface area contributed by atoms with Crippen LogP contribution in [0.25, 0.3) is 6.08 Å². The summed E-state index contributed by atoms with van der Waals surface area (Å²) in [5.74, 6) is -0.187. The quantitative estimate of drug-likeness (QED) is 0.609. The van der Waals surface area contributed by atoms with Gasteiger partial charge in [0.05, 0.1) is 0 Å². The molecular formula is C12H14ClNO2. The molecule has 1 rings (SSSR count). The van der Waals surface area contributed by atoms with E-state index in [9.17, 15) is 4.79 Å². The lowest BCUT2D eigenvalue weighted by molar-refractivity contribution is -0.116. The molecule has 0 saturated carbocycles. The van der Waals surface area contributed by atoms with Crippen molar-refractivity contribution in [2.24, 2.45) is 0 Å². The van der Waals surface area contributed by atoms with Gasteiger partial charge in [-0.25, -0.2) is 0 Å². The van der Waals surface area contributed by atoms with Crippen LogP contribution >= 0.6 is 11.6 Å². The zero-order valence-corrected chi connectivity index (χ0v) is 9.57. The molecule has 0 radical (unpaired) electrons. The molecule has 0 bridgehead atoms.